The fraction of sp³-hybridized carbons (Fsp3) is 0.0526. The molecular weight excluding hydrogens is 385 g/mol. The summed E-state index contributed by atoms with van der Waals surface area (Å²) in [6, 6.07) is 5.29. The molecule has 3 aromatic heterocycles. The number of carbonyl (C=O) groups is 1. The molecule has 1 aromatic carbocycles. The van der Waals surface area contributed by atoms with Gasteiger partial charge >= 0.3 is 6.18 Å². The van der Waals surface area contributed by atoms with Gasteiger partial charge in [0.05, 0.1) is 29.2 Å². The SMILES string of the molecule is O=C1c2cnc3ccc(Nc4cncnc4)cc3c2-c2cnc(C(F)(F)F)nc21. The average molecular weight is 394 g/mol. The molecule has 0 aliphatic heterocycles. The quantitative estimate of drug-likeness (QED) is 0.487. The van der Waals surface area contributed by atoms with E-state index in [0.29, 0.717) is 27.8 Å². The van der Waals surface area contributed by atoms with Crippen molar-refractivity contribution >= 4 is 28.1 Å². The Morgan fingerprint density at radius 2 is 1.66 bits per heavy atom. The first-order valence-corrected chi connectivity index (χ1v) is 8.36. The van der Waals surface area contributed by atoms with Gasteiger partial charge < -0.3 is 5.32 Å². The minimum atomic E-state index is -4.74. The van der Waals surface area contributed by atoms with Crippen LogP contribution in [0.1, 0.15) is 21.9 Å². The van der Waals surface area contributed by atoms with Crippen LogP contribution in [0.3, 0.4) is 0 Å². The third-order valence-electron chi connectivity index (χ3n) is 4.49. The lowest BCUT2D eigenvalue weighted by molar-refractivity contribution is -0.145. The van der Waals surface area contributed by atoms with E-state index < -0.39 is 17.8 Å². The van der Waals surface area contributed by atoms with Gasteiger partial charge in [0.2, 0.25) is 11.6 Å². The second kappa shape index (κ2) is 6.03. The van der Waals surface area contributed by atoms with Gasteiger partial charge in [0.25, 0.3) is 0 Å². The van der Waals surface area contributed by atoms with Crippen LogP contribution >= 0.6 is 0 Å². The molecule has 1 aliphatic rings. The molecule has 5 rings (SSSR count). The predicted molar refractivity (Wildman–Crippen MR) is 96.5 cm³/mol. The Morgan fingerprint density at radius 1 is 0.897 bits per heavy atom. The van der Waals surface area contributed by atoms with Gasteiger partial charge in [0.15, 0.2) is 0 Å². The van der Waals surface area contributed by atoms with Crippen molar-refractivity contribution in [3.8, 4) is 11.1 Å². The summed E-state index contributed by atoms with van der Waals surface area (Å²) in [4.78, 5) is 31.7. The number of hydrogen-bond acceptors (Lipinski definition) is 7. The van der Waals surface area contributed by atoms with Crippen LogP contribution < -0.4 is 5.32 Å². The van der Waals surface area contributed by atoms with Crippen molar-refractivity contribution in [1.29, 1.82) is 0 Å². The summed E-state index contributed by atoms with van der Waals surface area (Å²) >= 11 is 0. The first-order valence-electron chi connectivity index (χ1n) is 8.36. The summed E-state index contributed by atoms with van der Waals surface area (Å²) in [5, 5.41) is 3.73. The number of carbonyl (C=O) groups excluding carboxylic acids is 1. The highest BCUT2D eigenvalue weighted by Crippen LogP contribution is 2.41. The Labute approximate surface area is 160 Å². The number of alkyl halides is 3. The van der Waals surface area contributed by atoms with Gasteiger partial charge in [0.1, 0.15) is 12.0 Å². The van der Waals surface area contributed by atoms with Crippen molar-refractivity contribution in [3.05, 3.63) is 66.4 Å². The maximum atomic E-state index is 13.0. The number of halogens is 3. The fourth-order valence-electron chi connectivity index (χ4n) is 3.26. The van der Waals surface area contributed by atoms with E-state index in [2.05, 4.69) is 30.2 Å². The molecule has 0 saturated heterocycles. The Balaban J connectivity index is 1.68. The molecule has 142 valence electrons. The van der Waals surface area contributed by atoms with Crippen LogP contribution in [-0.4, -0.2) is 30.7 Å². The summed E-state index contributed by atoms with van der Waals surface area (Å²) in [5.74, 6) is -1.95. The molecule has 1 aliphatic carbocycles. The summed E-state index contributed by atoms with van der Waals surface area (Å²) < 4.78 is 38.9. The number of fused-ring (bicyclic) bond motifs is 5. The second-order valence-electron chi connectivity index (χ2n) is 6.31. The molecule has 29 heavy (non-hydrogen) atoms. The highest BCUT2D eigenvalue weighted by Gasteiger charge is 2.38. The van der Waals surface area contributed by atoms with Gasteiger partial charge in [-0.25, -0.2) is 19.9 Å². The minimum Gasteiger partial charge on any atom is -0.353 e. The first kappa shape index (κ1) is 17.2. The number of pyridine rings is 1. The molecule has 10 heteroatoms. The monoisotopic (exact) mass is 394 g/mol. The Kier molecular flexibility index (Phi) is 3.57. The molecule has 0 radical (unpaired) electrons. The molecular formula is C19H9F3N6O. The summed E-state index contributed by atoms with van der Waals surface area (Å²) in [5.41, 5.74) is 2.56. The third-order valence-corrected chi connectivity index (χ3v) is 4.49. The van der Waals surface area contributed by atoms with Crippen LogP contribution in [0.25, 0.3) is 22.0 Å². The summed E-state index contributed by atoms with van der Waals surface area (Å²) in [6.07, 6.45) is 2.25. The Morgan fingerprint density at radius 3 is 2.41 bits per heavy atom. The standard InChI is InChI=1S/C19H9F3N6O/c20-19(21,22)18-26-6-12-15-11-3-9(27-10-4-23-8-24-5-10)1-2-14(11)25-7-13(15)17(29)16(12)28-18/h1-8,27H. The van der Waals surface area contributed by atoms with Crippen LogP contribution in [0.15, 0.2) is 49.3 Å². The molecule has 0 amide bonds. The predicted octanol–water partition coefficient (Wildman–Crippen LogP) is 3.79. The number of benzene rings is 1. The molecule has 0 bridgehead atoms. The second-order valence-corrected chi connectivity index (χ2v) is 6.31. The van der Waals surface area contributed by atoms with Gasteiger partial charge in [-0.3, -0.25) is 9.78 Å². The Hall–Kier alpha value is -3.95. The number of rotatable bonds is 2. The van der Waals surface area contributed by atoms with Crippen molar-refractivity contribution in [1.82, 2.24) is 24.9 Å². The van der Waals surface area contributed by atoms with E-state index in [1.54, 1.807) is 30.6 Å². The van der Waals surface area contributed by atoms with Crippen LogP contribution in [0.5, 0.6) is 0 Å². The number of nitrogens with zero attached hydrogens (tertiary/aromatic N) is 5. The highest BCUT2D eigenvalue weighted by atomic mass is 19.4. The highest BCUT2D eigenvalue weighted by molar-refractivity contribution is 6.24. The molecule has 3 heterocycles. The lowest BCUT2D eigenvalue weighted by atomic mass is 10.0. The zero-order valence-corrected chi connectivity index (χ0v) is 14.4. The smallest absolute Gasteiger partial charge is 0.353 e. The molecule has 4 aromatic rings. The number of hydrogen-bond donors (Lipinski definition) is 1. The minimum absolute atomic E-state index is 0.196. The number of nitrogens with one attached hydrogen (secondary N) is 1. The van der Waals surface area contributed by atoms with Gasteiger partial charge in [-0.15, -0.1) is 0 Å². The first-order chi connectivity index (χ1) is 13.9. The third kappa shape index (κ3) is 2.76. The van der Waals surface area contributed by atoms with E-state index in [1.807, 2.05) is 0 Å². The van der Waals surface area contributed by atoms with Crippen molar-refractivity contribution in [3.63, 3.8) is 0 Å². The van der Waals surface area contributed by atoms with Crippen LogP contribution in [0.4, 0.5) is 24.5 Å². The lowest BCUT2D eigenvalue weighted by Gasteiger charge is -2.10. The van der Waals surface area contributed by atoms with Gasteiger partial charge in [0, 0.05) is 34.6 Å². The van der Waals surface area contributed by atoms with Gasteiger partial charge in [-0.1, -0.05) is 0 Å². The zero-order chi connectivity index (χ0) is 20.2. The largest absolute Gasteiger partial charge is 0.451 e. The zero-order valence-electron chi connectivity index (χ0n) is 14.4. The van der Waals surface area contributed by atoms with E-state index in [9.17, 15) is 18.0 Å². The van der Waals surface area contributed by atoms with Crippen LogP contribution in [-0.2, 0) is 6.18 Å². The molecule has 0 fully saturated rings. The summed E-state index contributed by atoms with van der Waals surface area (Å²) in [6.45, 7) is 0. The summed E-state index contributed by atoms with van der Waals surface area (Å²) in [7, 11) is 0. The molecule has 0 spiro atoms. The number of ketones is 1. The van der Waals surface area contributed by atoms with E-state index in [1.165, 1.54) is 12.5 Å². The van der Waals surface area contributed by atoms with Crippen molar-refractivity contribution in [2.24, 2.45) is 0 Å². The number of aromatic nitrogens is 5. The van der Waals surface area contributed by atoms with Crippen LogP contribution in [0, 0.1) is 0 Å². The molecule has 7 nitrogen and oxygen atoms in total. The molecule has 0 saturated carbocycles. The fourth-order valence-corrected chi connectivity index (χ4v) is 3.26. The number of anilines is 2. The maximum absolute atomic E-state index is 13.0. The van der Waals surface area contributed by atoms with E-state index in [0.717, 1.165) is 6.20 Å². The van der Waals surface area contributed by atoms with Gasteiger partial charge in [-0.2, -0.15) is 13.2 Å². The van der Waals surface area contributed by atoms with E-state index in [-0.39, 0.29) is 16.8 Å². The topological polar surface area (TPSA) is 93.6 Å². The molecule has 0 atom stereocenters. The normalized spacial score (nSPS) is 12.7. The Bertz CT molecular complexity index is 1290. The average Bonchev–Trinajstić information content (AvgIpc) is 3.00. The van der Waals surface area contributed by atoms with Crippen molar-refractivity contribution in [2.45, 2.75) is 6.18 Å². The maximum Gasteiger partial charge on any atom is 0.451 e. The van der Waals surface area contributed by atoms with Crippen LogP contribution in [0.2, 0.25) is 0 Å². The van der Waals surface area contributed by atoms with Crippen molar-refractivity contribution < 1.29 is 18.0 Å². The molecule has 1 N–H and O–H groups in total. The molecule has 0 unspecified atom stereocenters. The van der Waals surface area contributed by atoms with Gasteiger partial charge in [-0.05, 0) is 18.2 Å². The van der Waals surface area contributed by atoms with Crippen molar-refractivity contribution in [2.75, 3.05) is 5.32 Å². The van der Waals surface area contributed by atoms with E-state index >= 15 is 0 Å². The lowest BCUT2D eigenvalue weighted by Crippen LogP contribution is -2.13. The van der Waals surface area contributed by atoms with E-state index in [4.69, 9.17) is 0 Å².